The van der Waals surface area contributed by atoms with E-state index < -0.39 is 264 Å². The van der Waals surface area contributed by atoms with Gasteiger partial charge < -0.3 is 191 Å². The highest BCUT2D eigenvalue weighted by Gasteiger charge is 2.61. The van der Waals surface area contributed by atoms with Crippen LogP contribution in [0.5, 0.6) is 0 Å². The molecule has 30 aliphatic heterocycles. The molecule has 768 valence electrons. The minimum Gasteiger partial charge on any atom is -0.469 e. The summed E-state index contributed by atoms with van der Waals surface area (Å²) in [6.45, 7) is 2.80. The number of methoxy groups -OCH3 is 3. The third-order valence-electron chi connectivity index (χ3n) is 22.6. The highest BCUT2D eigenvalue weighted by molar-refractivity contribution is 8.00. The van der Waals surface area contributed by atoms with Crippen molar-refractivity contribution in [3.63, 3.8) is 0 Å². The van der Waals surface area contributed by atoms with Gasteiger partial charge in [-0.15, -0.1) is 0 Å². The number of hydrogen-bond donors (Lipinski definition) is 16. The summed E-state index contributed by atoms with van der Waals surface area (Å²) in [6, 6.07) is 0. The van der Waals surface area contributed by atoms with Gasteiger partial charge in [0.05, 0.1) is 116 Å². The van der Waals surface area contributed by atoms with E-state index in [-0.39, 0.29) is 184 Å². The first-order valence-electron chi connectivity index (χ1n) is 43.5. The quantitative estimate of drug-likeness (QED) is 0.0117. The number of ether oxygens (including phenoxy) is 23. The van der Waals surface area contributed by atoms with Gasteiger partial charge in [-0.1, -0.05) is 6.92 Å². The average Bonchev–Trinajstić information content (AvgIpc) is 0.769. The van der Waals surface area contributed by atoms with Crippen molar-refractivity contribution in [1.29, 1.82) is 0 Å². The minimum absolute atomic E-state index is 0.0122. The Morgan fingerprint density at radius 1 is 0.233 bits per heavy atom. The normalized spacial score (nSPS) is 40.2. The zero-order chi connectivity index (χ0) is 96.4. The van der Waals surface area contributed by atoms with Gasteiger partial charge in [-0.05, 0) is 60.9 Å². The zero-order valence-corrected chi connectivity index (χ0v) is 79.9. The largest absolute Gasteiger partial charge is 0.469 e. The van der Waals surface area contributed by atoms with E-state index in [2.05, 4.69) is 0 Å². The third kappa shape index (κ3) is 32.9. The fourth-order valence-electron chi connectivity index (χ4n) is 15.5. The van der Waals surface area contributed by atoms with Gasteiger partial charge in [0.2, 0.25) is 0 Å². The van der Waals surface area contributed by atoms with Crippen LogP contribution in [0.25, 0.3) is 0 Å². The molecule has 133 heavy (non-hydrogen) atoms. The van der Waals surface area contributed by atoms with Crippen molar-refractivity contribution in [1.82, 2.24) is 0 Å². The molecule has 16 unspecified atom stereocenters. The van der Waals surface area contributed by atoms with Crippen molar-refractivity contribution in [3.05, 3.63) is 0 Å². The van der Waals surface area contributed by atoms with Crippen LogP contribution in [0.3, 0.4) is 0 Å². The van der Waals surface area contributed by atoms with Gasteiger partial charge in [0, 0.05) is 63.3 Å². The van der Waals surface area contributed by atoms with Crippen molar-refractivity contribution >= 4 is 138 Å². The fraction of sp³-hybridized carbons (Fsp3) is 0.911. The average molecular weight is 2070 g/mol. The topological polar surface area (TPSA) is 655 Å². The number of hydrogen-bond acceptors (Lipinski definition) is 54. The molecule has 0 radical (unpaired) electrons. The molecule has 0 saturated carbocycles. The molecule has 0 aliphatic carbocycles. The standard InChI is InChI=1S/C79H128O46S8/c1-5-17-126-25-37-64-48(87)56(95)72(110-37)123-69-42(30-131-22-10-45(84)103-2)116-78(62(101)54(69)93)125-71-44(32-133-24-12-47(86)105-4)117-79(63(102)55(71)94)124-70-43(31-132-23-11-46(85)104-3)115-77(61(100)53(70)92)122-68-41(29-130-21-9-16-109-36-83)114-76(60(99)52(68)91)121-67-40(28-129-20-8-15-108-35-82)113-75(59(98)51(67)90)120-66-39(27-128-19-7-14-107-34-81)112-74(58(97)50(66)89)119-65-38(26-127-18-6-13-106-33-80)111-73(118-64)57(96)49(65)88/h33-44,48-79,87-102H,5-32H2,1-4H3/t37?,38?,39?,40?,41?,42?,43?,44?,48-,49-,50-,51-,52-,53-,54-,55-,56?,57?,58?,59?,60?,61+,62?,63?,64-,65-,66-,67-,68-,69-,70-,71-,72-,73-,74-,75+,76-,77?,78-,79-/m1/s1. The molecule has 0 aromatic heterocycles. The van der Waals surface area contributed by atoms with E-state index in [9.17, 15) is 115 Å². The summed E-state index contributed by atoms with van der Waals surface area (Å²) in [4.78, 5) is 81.9. The maximum Gasteiger partial charge on any atom is 0.306 e. The second kappa shape index (κ2) is 59.8. The summed E-state index contributed by atoms with van der Waals surface area (Å²) in [7, 11) is 3.51. The Hall–Kier alpha value is -2.19. The molecule has 0 spiro atoms. The van der Waals surface area contributed by atoms with Crippen LogP contribution in [-0.2, 0) is 143 Å². The molecular weight excluding hydrogens is 1940 g/mol. The lowest BCUT2D eigenvalue weighted by atomic mass is 9.95. The van der Waals surface area contributed by atoms with Crippen molar-refractivity contribution in [2.75, 3.05) is 140 Å². The van der Waals surface area contributed by atoms with Crippen LogP contribution in [0, 0.1) is 0 Å². The van der Waals surface area contributed by atoms with Crippen molar-refractivity contribution in [2.24, 2.45) is 0 Å². The molecule has 0 aromatic carbocycles. The number of aliphatic hydroxyl groups is 16. The van der Waals surface area contributed by atoms with Gasteiger partial charge in [0.1, 0.15) is 146 Å². The first-order chi connectivity index (χ1) is 64.1. The van der Waals surface area contributed by atoms with E-state index in [0.717, 1.165) is 58.8 Å². The second-order valence-electron chi connectivity index (χ2n) is 31.9. The number of esters is 3. The van der Waals surface area contributed by atoms with Gasteiger partial charge in [-0.25, -0.2) is 0 Å². The van der Waals surface area contributed by atoms with Crippen molar-refractivity contribution < 1.29 is 224 Å². The number of aliphatic hydroxyl groups excluding tert-OH is 16. The molecule has 30 aliphatic rings. The Bertz CT molecular complexity index is 3360. The second-order valence-corrected chi connectivity index (χ2v) is 41.1. The van der Waals surface area contributed by atoms with Crippen LogP contribution < -0.4 is 0 Å². The molecule has 0 aromatic rings. The smallest absolute Gasteiger partial charge is 0.306 e. The zero-order valence-electron chi connectivity index (χ0n) is 73.4. The molecule has 30 fully saturated rings. The lowest BCUT2D eigenvalue weighted by Gasteiger charge is -2.51. The molecule has 40 atom stereocenters. The molecular formula is C79H128O46S8. The van der Waals surface area contributed by atoms with E-state index in [1.165, 1.54) is 56.6 Å². The van der Waals surface area contributed by atoms with Crippen LogP contribution >= 0.6 is 94.1 Å². The number of carbonyl (C=O) groups is 7. The summed E-state index contributed by atoms with van der Waals surface area (Å²) in [5.74, 6) is -1.61. The number of thioether (sulfide) groups is 8. The number of carbonyl (C=O) groups excluding carboxylic acids is 7. The molecule has 30 heterocycles. The summed E-state index contributed by atoms with van der Waals surface area (Å²) in [5, 5.41) is 198. The Morgan fingerprint density at radius 3 is 0.526 bits per heavy atom. The van der Waals surface area contributed by atoms with Gasteiger partial charge >= 0.3 is 17.9 Å². The summed E-state index contributed by atoms with van der Waals surface area (Å²) < 4.78 is 137. The maximum atomic E-state index is 12.5. The lowest BCUT2D eigenvalue weighted by molar-refractivity contribution is -0.396. The Balaban J connectivity index is 1.12. The molecule has 0 amide bonds. The van der Waals surface area contributed by atoms with E-state index >= 15 is 0 Å². The van der Waals surface area contributed by atoms with E-state index in [1.807, 2.05) is 6.92 Å². The van der Waals surface area contributed by atoms with E-state index in [0.29, 0.717) is 12.2 Å². The summed E-state index contributed by atoms with van der Waals surface area (Å²) >= 11 is 9.12. The predicted molar refractivity (Wildman–Crippen MR) is 470 cm³/mol. The highest BCUT2D eigenvalue weighted by atomic mass is 32.2. The third-order valence-corrected chi connectivity index (χ3v) is 31.6. The van der Waals surface area contributed by atoms with E-state index in [1.54, 1.807) is 0 Å². The minimum atomic E-state index is -2.22. The predicted octanol–water partition coefficient (Wildman–Crippen LogP) is -6.13. The Kier molecular flexibility index (Phi) is 51.4. The van der Waals surface area contributed by atoms with E-state index in [4.69, 9.17) is 109 Å². The molecule has 54 heteroatoms. The van der Waals surface area contributed by atoms with Gasteiger partial charge in [0.25, 0.3) is 25.9 Å². The SMILES string of the molecule is CCCSCC1O[C@@H]2O[C@@H]3C(CSCCC(=O)OC)O[C@H](O[C@@H]4C(CSCCC(=O)OC)O[C@H](O[C@@H]5C(CSCCC(=O)OC)OC(O[C@@H]6C(CSCCCOC=O)O[C@H](O[C@@H]7C(CSCCCOC=O)O[C@@H](O[C@@H]8C(CSCCCOC=O)O[C@H](O[C@@H]9C(CSCCCOC=O)O[C@H](O[C@H]1[C@H](O)C2O)C(O)[C@H]9O)C(O)[C@H]8O)C(O)[C@H]7O)C(O)[C@H]6O)[C@@H](O)[C@H]5O)C(O)[C@H]4O)C(O)[C@H]3O. The lowest BCUT2D eigenvalue weighted by Crippen LogP contribution is -2.69. The molecule has 16 N–H and O–H groups in total. The maximum absolute atomic E-state index is 12.5. The van der Waals surface area contributed by atoms with Crippen LogP contribution in [0.2, 0.25) is 0 Å². The highest BCUT2D eigenvalue weighted by Crippen LogP contribution is 2.43. The summed E-state index contributed by atoms with van der Waals surface area (Å²) in [5.41, 5.74) is 0. The molecule has 30 rings (SSSR count). The van der Waals surface area contributed by atoms with Crippen LogP contribution in [-0.4, -0.2) is 511 Å². The van der Waals surface area contributed by atoms with Crippen molar-refractivity contribution in [2.45, 2.75) is 304 Å². The molecule has 30 saturated heterocycles. The molecule has 46 nitrogen and oxygen atoms in total. The first kappa shape index (κ1) is 114. The van der Waals surface area contributed by atoms with Gasteiger partial charge in [-0.2, -0.15) is 94.1 Å². The van der Waals surface area contributed by atoms with Crippen LogP contribution in [0.4, 0.5) is 0 Å². The number of rotatable bonds is 47. The first-order valence-corrected chi connectivity index (χ1v) is 52.7. The Labute approximate surface area is 801 Å². The van der Waals surface area contributed by atoms with Gasteiger partial charge in [0.15, 0.2) is 50.3 Å². The van der Waals surface area contributed by atoms with Gasteiger partial charge in [-0.3, -0.25) is 33.6 Å². The summed E-state index contributed by atoms with van der Waals surface area (Å²) in [6.07, 6.45) is -74.7. The molecule has 16 bridgehead atoms. The Morgan fingerprint density at radius 2 is 0.383 bits per heavy atom. The fourth-order valence-corrected chi connectivity index (χ4v) is 23.3. The monoisotopic (exact) mass is 2070 g/mol. The van der Waals surface area contributed by atoms with Crippen LogP contribution in [0.1, 0.15) is 58.3 Å². The van der Waals surface area contributed by atoms with Crippen molar-refractivity contribution in [3.8, 4) is 0 Å². The van der Waals surface area contributed by atoms with Crippen LogP contribution in [0.15, 0.2) is 0 Å².